The molecule has 1 unspecified atom stereocenters. The van der Waals surface area contributed by atoms with E-state index in [4.69, 9.17) is 9.26 Å². The molecule has 0 bridgehead atoms. The highest BCUT2D eigenvalue weighted by Gasteiger charge is 2.30. The lowest BCUT2D eigenvalue weighted by Gasteiger charge is -2.26. The third-order valence-electron chi connectivity index (χ3n) is 2.48. The minimum Gasteiger partial charge on any atom is -0.756 e. The second kappa shape index (κ2) is 5.61. The van der Waals surface area contributed by atoms with Gasteiger partial charge in [-0.15, -0.1) is 0 Å². The minimum absolute atomic E-state index is 0.0407. The molecule has 1 aliphatic heterocycles. The lowest BCUT2D eigenvalue weighted by Crippen LogP contribution is -2.23. The summed E-state index contributed by atoms with van der Waals surface area (Å²) in [5.74, 6) is 0.314. The van der Waals surface area contributed by atoms with Crippen molar-refractivity contribution in [1.82, 2.24) is 0 Å². The van der Waals surface area contributed by atoms with Crippen LogP contribution in [0.2, 0.25) is 0 Å². The van der Waals surface area contributed by atoms with E-state index in [9.17, 15) is 9.46 Å². The molecule has 0 aliphatic carbocycles. The highest BCUT2D eigenvalue weighted by Crippen LogP contribution is 2.41. The zero-order valence-electron chi connectivity index (χ0n) is 10.2. The Labute approximate surface area is 96.7 Å². The standard InChI is InChI=1S/C10H21O5P/c1-7(2)15-16(11,12)13-6-10-8(3)5-9(4)14-10/h7-10H,5-6H2,1-4H3,(H,11,12)/p-1/t8-,9+,10-/m1/s1. The maximum Gasteiger partial charge on any atom is 0.268 e. The fraction of sp³-hybridized carbons (Fsp3) is 1.00. The Bertz CT molecular complexity index is 268. The van der Waals surface area contributed by atoms with Gasteiger partial charge < -0.3 is 18.7 Å². The van der Waals surface area contributed by atoms with Crippen LogP contribution in [0.25, 0.3) is 0 Å². The molecule has 16 heavy (non-hydrogen) atoms. The first-order valence-corrected chi connectivity index (χ1v) is 7.05. The Kier molecular flexibility index (Phi) is 4.95. The van der Waals surface area contributed by atoms with E-state index in [0.717, 1.165) is 6.42 Å². The topological polar surface area (TPSA) is 67.8 Å². The summed E-state index contributed by atoms with van der Waals surface area (Å²) in [5, 5.41) is 0. The van der Waals surface area contributed by atoms with Gasteiger partial charge in [-0.25, -0.2) is 0 Å². The molecule has 1 rings (SSSR count). The van der Waals surface area contributed by atoms with Gasteiger partial charge in [-0.1, -0.05) is 6.92 Å². The monoisotopic (exact) mass is 251 g/mol. The van der Waals surface area contributed by atoms with Crippen LogP contribution in [0.15, 0.2) is 0 Å². The molecule has 0 aromatic carbocycles. The highest BCUT2D eigenvalue weighted by molar-refractivity contribution is 7.45. The van der Waals surface area contributed by atoms with E-state index < -0.39 is 13.9 Å². The Morgan fingerprint density at radius 3 is 2.56 bits per heavy atom. The molecule has 1 fully saturated rings. The second-order valence-electron chi connectivity index (χ2n) is 4.60. The number of phosphoric ester groups is 1. The van der Waals surface area contributed by atoms with Crippen LogP contribution in [0.1, 0.15) is 34.1 Å². The summed E-state index contributed by atoms with van der Waals surface area (Å²) >= 11 is 0. The molecule has 0 spiro atoms. The summed E-state index contributed by atoms with van der Waals surface area (Å²) in [4.78, 5) is 11.3. The number of hydrogen-bond donors (Lipinski definition) is 0. The summed E-state index contributed by atoms with van der Waals surface area (Å²) in [7, 11) is -4.18. The second-order valence-corrected chi connectivity index (χ2v) is 5.96. The quantitative estimate of drug-likeness (QED) is 0.696. The molecule has 6 heteroatoms. The Morgan fingerprint density at radius 2 is 2.12 bits per heavy atom. The molecule has 96 valence electrons. The van der Waals surface area contributed by atoms with Crippen molar-refractivity contribution in [2.45, 2.75) is 52.4 Å². The molecular weight excluding hydrogens is 231 g/mol. The van der Waals surface area contributed by atoms with Gasteiger partial charge in [0.15, 0.2) is 0 Å². The van der Waals surface area contributed by atoms with Crippen molar-refractivity contribution in [2.24, 2.45) is 5.92 Å². The van der Waals surface area contributed by atoms with Gasteiger partial charge in [0.2, 0.25) is 0 Å². The number of rotatable bonds is 5. The lowest BCUT2D eigenvalue weighted by molar-refractivity contribution is -0.230. The number of phosphoric acid groups is 1. The van der Waals surface area contributed by atoms with Crippen molar-refractivity contribution >= 4 is 7.82 Å². The van der Waals surface area contributed by atoms with E-state index in [-0.39, 0.29) is 18.8 Å². The van der Waals surface area contributed by atoms with E-state index in [1.165, 1.54) is 0 Å². The van der Waals surface area contributed by atoms with Gasteiger partial charge in [-0.05, 0) is 33.1 Å². The van der Waals surface area contributed by atoms with Crippen molar-refractivity contribution in [1.29, 1.82) is 0 Å². The van der Waals surface area contributed by atoms with Gasteiger partial charge in [0, 0.05) is 0 Å². The Hall–Kier alpha value is 0.0700. The van der Waals surface area contributed by atoms with Gasteiger partial charge in [0.05, 0.1) is 24.9 Å². The van der Waals surface area contributed by atoms with E-state index in [2.05, 4.69) is 4.52 Å². The lowest BCUT2D eigenvalue weighted by atomic mass is 10.0. The van der Waals surface area contributed by atoms with Crippen LogP contribution in [0, 0.1) is 5.92 Å². The van der Waals surface area contributed by atoms with Gasteiger partial charge in [-0.2, -0.15) is 0 Å². The summed E-state index contributed by atoms with van der Waals surface area (Å²) in [6.07, 6.45) is 0.542. The molecular formula is C10H20O5P-. The molecule has 1 heterocycles. The van der Waals surface area contributed by atoms with Gasteiger partial charge >= 0.3 is 0 Å². The normalized spacial score (nSPS) is 34.2. The highest BCUT2D eigenvalue weighted by atomic mass is 31.2. The average molecular weight is 251 g/mol. The molecule has 0 saturated carbocycles. The van der Waals surface area contributed by atoms with Gasteiger partial charge in [0.1, 0.15) is 0 Å². The SMILES string of the molecule is CC(C)OP(=O)([O-])OC[C@H]1O[C@@H](C)C[C@H]1C. The Balaban J connectivity index is 2.36. The summed E-state index contributed by atoms with van der Waals surface area (Å²) in [6, 6.07) is 0. The molecule has 0 aromatic heterocycles. The molecule has 4 atom stereocenters. The van der Waals surface area contributed by atoms with E-state index >= 15 is 0 Å². The first-order valence-electron chi connectivity index (χ1n) is 5.59. The van der Waals surface area contributed by atoms with Crippen molar-refractivity contribution in [3.05, 3.63) is 0 Å². The third kappa shape index (κ3) is 4.52. The van der Waals surface area contributed by atoms with E-state index in [1.807, 2.05) is 13.8 Å². The van der Waals surface area contributed by atoms with Crippen LogP contribution in [0.5, 0.6) is 0 Å². The van der Waals surface area contributed by atoms with Crippen LogP contribution >= 0.6 is 7.82 Å². The zero-order valence-corrected chi connectivity index (χ0v) is 11.1. The molecule has 5 nitrogen and oxygen atoms in total. The fourth-order valence-electron chi connectivity index (χ4n) is 1.82. The van der Waals surface area contributed by atoms with E-state index in [1.54, 1.807) is 13.8 Å². The molecule has 1 aliphatic rings. The Morgan fingerprint density at radius 1 is 1.50 bits per heavy atom. The van der Waals surface area contributed by atoms with Crippen LogP contribution < -0.4 is 4.89 Å². The third-order valence-corrected chi connectivity index (χ3v) is 3.63. The van der Waals surface area contributed by atoms with Crippen LogP contribution in [0.4, 0.5) is 0 Å². The maximum absolute atomic E-state index is 11.3. The summed E-state index contributed by atoms with van der Waals surface area (Å²) < 4.78 is 26.3. The first-order chi connectivity index (χ1) is 7.30. The zero-order chi connectivity index (χ0) is 12.3. The summed E-state index contributed by atoms with van der Waals surface area (Å²) in [5.41, 5.74) is 0. The van der Waals surface area contributed by atoms with E-state index in [0.29, 0.717) is 5.92 Å². The van der Waals surface area contributed by atoms with Crippen molar-refractivity contribution in [3.8, 4) is 0 Å². The van der Waals surface area contributed by atoms with Crippen molar-refractivity contribution < 1.29 is 23.2 Å². The predicted octanol–water partition coefficient (Wildman–Crippen LogP) is 1.71. The van der Waals surface area contributed by atoms with Crippen molar-refractivity contribution in [2.75, 3.05) is 6.61 Å². The van der Waals surface area contributed by atoms with Crippen LogP contribution in [-0.4, -0.2) is 24.9 Å². The molecule has 0 radical (unpaired) electrons. The summed E-state index contributed by atoms with van der Waals surface area (Å²) in [6.45, 7) is 7.32. The molecule has 0 amide bonds. The minimum atomic E-state index is -4.18. The maximum atomic E-state index is 11.3. The molecule has 0 N–H and O–H groups in total. The fourth-order valence-corrected chi connectivity index (χ4v) is 2.73. The smallest absolute Gasteiger partial charge is 0.268 e. The number of hydrogen-bond acceptors (Lipinski definition) is 5. The predicted molar refractivity (Wildman–Crippen MR) is 57.9 cm³/mol. The largest absolute Gasteiger partial charge is 0.756 e. The molecule has 1 saturated heterocycles. The average Bonchev–Trinajstić information content (AvgIpc) is 2.39. The van der Waals surface area contributed by atoms with Gasteiger partial charge in [-0.3, -0.25) is 4.57 Å². The van der Waals surface area contributed by atoms with Crippen LogP contribution in [-0.2, 0) is 18.3 Å². The van der Waals surface area contributed by atoms with Crippen molar-refractivity contribution in [3.63, 3.8) is 0 Å². The van der Waals surface area contributed by atoms with Crippen LogP contribution in [0.3, 0.4) is 0 Å². The first kappa shape index (κ1) is 14.1. The number of ether oxygens (including phenoxy) is 1. The molecule has 0 aromatic rings. The van der Waals surface area contributed by atoms with Gasteiger partial charge in [0.25, 0.3) is 7.82 Å².